The molecule has 0 aliphatic rings. The molecular weight excluding hydrogens is 124 g/mol. The van der Waals surface area contributed by atoms with Crippen LogP contribution in [0.4, 0.5) is 0 Å². The van der Waals surface area contributed by atoms with E-state index in [0.29, 0.717) is 5.92 Å². The van der Waals surface area contributed by atoms with Gasteiger partial charge in [-0.3, -0.25) is 4.79 Å². The van der Waals surface area contributed by atoms with E-state index in [1.807, 2.05) is 13.8 Å². The summed E-state index contributed by atoms with van der Waals surface area (Å²) in [6, 6.07) is 0. The van der Waals surface area contributed by atoms with Crippen molar-refractivity contribution in [2.24, 2.45) is 5.92 Å². The highest BCUT2D eigenvalue weighted by Gasteiger charge is 1.98. The quantitative estimate of drug-likeness (QED) is 0.432. The summed E-state index contributed by atoms with van der Waals surface area (Å²) in [6.45, 7) is 9.24. The van der Waals surface area contributed by atoms with Crippen molar-refractivity contribution >= 4 is 5.78 Å². The molecule has 0 saturated carbocycles. The van der Waals surface area contributed by atoms with Crippen LogP contribution in [0.5, 0.6) is 0 Å². The zero-order valence-corrected chi connectivity index (χ0v) is 6.85. The fraction of sp³-hybridized carbons (Fsp3) is 0.444. The minimum Gasteiger partial charge on any atom is -0.295 e. The van der Waals surface area contributed by atoms with E-state index >= 15 is 0 Å². The van der Waals surface area contributed by atoms with Crippen LogP contribution in [0.25, 0.3) is 0 Å². The number of carbonyl (C=O) groups is 1. The van der Waals surface area contributed by atoms with Crippen LogP contribution >= 0.6 is 0 Å². The maximum absolute atomic E-state index is 10.6. The van der Waals surface area contributed by atoms with Gasteiger partial charge in [-0.2, -0.15) is 0 Å². The highest BCUT2D eigenvalue weighted by molar-refractivity contribution is 5.88. The largest absolute Gasteiger partial charge is 0.295 e. The SMILES string of the molecule is C=C/C(=C\C(C)=O)C(C)C. The molecule has 0 rings (SSSR count). The first kappa shape index (κ1) is 9.15. The smallest absolute Gasteiger partial charge is 0.152 e. The Labute approximate surface area is 62.4 Å². The predicted octanol–water partition coefficient (Wildman–Crippen LogP) is 2.34. The lowest BCUT2D eigenvalue weighted by atomic mass is 10.0. The van der Waals surface area contributed by atoms with Gasteiger partial charge in [-0.1, -0.05) is 26.5 Å². The zero-order chi connectivity index (χ0) is 8.15. The average molecular weight is 138 g/mol. The minimum absolute atomic E-state index is 0.0867. The van der Waals surface area contributed by atoms with Gasteiger partial charge in [-0.25, -0.2) is 0 Å². The summed E-state index contributed by atoms with van der Waals surface area (Å²) in [5, 5.41) is 0. The normalized spacial score (nSPS) is 11.8. The molecule has 1 nitrogen and oxygen atoms in total. The first-order valence-corrected chi connectivity index (χ1v) is 3.42. The molecule has 0 bridgehead atoms. The van der Waals surface area contributed by atoms with Gasteiger partial charge < -0.3 is 0 Å². The van der Waals surface area contributed by atoms with Gasteiger partial charge >= 0.3 is 0 Å². The predicted molar refractivity (Wildman–Crippen MR) is 43.8 cm³/mol. The van der Waals surface area contributed by atoms with Gasteiger partial charge in [-0.15, -0.1) is 0 Å². The Morgan fingerprint density at radius 3 is 2.10 bits per heavy atom. The fourth-order valence-corrected chi connectivity index (χ4v) is 0.696. The van der Waals surface area contributed by atoms with Gasteiger partial charge in [0.2, 0.25) is 0 Å². The topological polar surface area (TPSA) is 17.1 Å². The number of rotatable bonds is 3. The molecule has 0 fully saturated rings. The third-order valence-corrected chi connectivity index (χ3v) is 1.27. The molecule has 0 aliphatic carbocycles. The molecule has 0 amide bonds. The van der Waals surface area contributed by atoms with Crippen molar-refractivity contribution in [1.82, 2.24) is 0 Å². The molecule has 0 spiro atoms. The molecule has 0 aromatic heterocycles. The Balaban J connectivity index is 4.33. The van der Waals surface area contributed by atoms with Crippen molar-refractivity contribution in [2.45, 2.75) is 20.8 Å². The van der Waals surface area contributed by atoms with E-state index in [0.717, 1.165) is 5.57 Å². The van der Waals surface area contributed by atoms with Crippen molar-refractivity contribution in [2.75, 3.05) is 0 Å². The van der Waals surface area contributed by atoms with Crippen LogP contribution in [0, 0.1) is 5.92 Å². The molecule has 0 unspecified atom stereocenters. The van der Waals surface area contributed by atoms with Crippen molar-refractivity contribution in [3.05, 3.63) is 24.3 Å². The summed E-state index contributed by atoms with van der Waals surface area (Å²) >= 11 is 0. The third-order valence-electron chi connectivity index (χ3n) is 1.27. The van der Waals surface area contributed by atoms with Gasteiger partial charge in [0.05, 0.1) is 0 Å². The maximum Gasteiger partial charge on any atom is 0.152 e. The zero-order valence-electron chi connectivity index (χ0n) is 6.85. The molecule has 0 aromatic rings. The second-order valence-electron chi connectivity index (χ2n) is 2.61. The lowest BCUT2D eigenvalue weighted by molar-refractivity contribution is -0.112. The van der Waals surface area contributed by atoms with Crippen LogP contribution in [0.1, 0.15) is 20.8 Å². The maximum atomic E-state index is 10.6. The second kappa shape index (κ2) is 4.04. The Morgan fingerprint density at radius 1 is 1.50 bits per heavy atom. The lowest BCUT2D eigenvalue weighted by Crippen LogP contribution is -1.93. The van der Waals surface area contributed by atoms with E-state index in [1.54, 1.807) is 19.1 Å². The third kappa shape index (κ3) is 3.23. The molecule has 10 heavy (non-hydrogen) atoms. The van der Waals surface area contributed by atoms with E-state index in [-0.39, 0.29) is 5.78 Å². The summed E-state index contributed by atoms with van der Waals surface area (Å²) in [5.41, 5.74) is 1.01. The van der Waals surface area contributed by atoms with Crippen LogP contribution in [0.3, 0.4) is 0 Å². The van der Waals surface area contributed by atoms with Crippen molar-refractivity contribution in [3.8, 4) is 0 Å². The standard InChI is InChI=1S/C9H14O/c1-5-9(7(2)3)6-8(4)10/h5-7H,1H2,2-4H3/b9-6+. The van der Waals surface area contributed by atoms with Crippen LogP contribution in [0.15, 0.2) is 24.3 Å². The van der Waals surface area contributed by atoms with Gasteiger partial charge in [0.15, 0.2) is 5.78 Å². The average Bonchev–Trinajstić information content (AvgIpc) is 1.81. The Bertz CT molecular complexity index is 164. The number of ketones is 1. The first-order valence-electron chi connectivity index (χ1n) is 3.42. The first-order chi connectivity index (χ1) is 4.57. The van der Waals surface area contributed by atoms with Gasteiger partial charge in [-0.05, 0) is 24.5 Å². The summed E-state index contributed by atoms with van der Waals surface area (Å²) in [6.07, 6.45) is 3.35. The van der Waals surface area contributed by atoms with Crippen molar-refractivity contribution < 1.29 is 4.79 Å². The van der Waals surface area contributed by atoms with Gasteiger partial charge in [0.1, 0.15) is 0 Å². The second-order valence-corrected chi connectivity index (χ2v) is 2.61. The number of carbonyl (C=O) groups excluding carboxylic acids is 1. The molecule has 0 saturated heterocycles. The Hall–Kier alpha value is -0.850. The molecule has 0 aliphatic heterocycles. The highest BCUT2D eigenvalue weighted by Crippen LogP contribution is 2.09. The molecule has 1 heteroatoms. The van der Waals surface area contributed by atoms with Crippen molar-refractivity contribution in [1.29, 1.82) is 0 Å². The van der Waals surface area contributed by atoms with Crippen LogP contribution < -0.4 is 0 Å². The summed E-state index contributed by atoms with van der Waals surface area (Å²) in [7, 11) is 0. The van der Waals surface area contributed by atoms with Crippen molar-refractivity contribution in [3.63, 3.8) is 0 Å². The molecule has 0 radical (unpaired) electrons. The van der Waals surface area contributed by atoms with Gasteiger partial charge in [0, 0.05) is 0 Å². The molecule has 0 atom stereocenters. The van der Waals surface area contributed by atoms with Gasteiger partial charge in [0.25, 0.3) is 0 Å². The lowest BCUT2D eigenvalue weighted by Gasteiger charge is -2.03. The van der Waals surface area contributed by atoms with E-state index in [1.165, 1.54) is 0 Å². The molecule has 0 heterocycles. The van der Waals surface area contributed by atoms with E-state index in [2.05, 4.69) is 6.58 Å². The molecule has 56 valence electrons. The number of allylic oxidation sites excluding steroid dienone is 3. The highest BCUT2D eigenvalue weighted by atomic mass is 16.1. The Kier molecular flexibility index (Phi) is 3.70. The van der Waals surface area contributed by atoms with E-state index < -0.39 is 0 Å². The summed E-state index contributed by atoms with van der Waals surface area (Å²) < 4.78 is 0. The summed E-state index contributed by atoms with van der Waals surface area (Å²) in [5.74, 6) is 0.477. The fourth-order valence-electron chi connectivity index (χ4n) is 0.696. The number of hydrogen-bond donors (Lipinski definition) is 0. The monoisotopic (exact) mass is 138 g/mol. The van der Waals surface area contributed by atoms with E-state index in [4.69, 9.17) is 0 Å². The molecule has 0 aromatic carbocycles. The summed E-state index contributed by atoms with van der Waals surface area (Å²) in [4.78, 5) is 10.6. The Morgan fingerprint density at radius 2 is 2.00 bits per heavy atom. The number of hydrogen-bond acceptors (Lipinski definition) is 1. The van der Waals surface area contributed by atoms with Crippen LogP contribution in [-0.2, 0) is 4.79 Å². The molecular formula is C9H14O. The van der Waals surface area contributed by atoms with E-state index in [9.17, 15) is 4.79 Å². The minimum atomic E-state index is 0.0867. The molecule has 0 N–H and O–H groups in total. The van der Waals surface area contributed by atoms with Crippen LogP contribution in [-0.4, -0.2) is 5.78 Å². The van der Waals surface area contributed by atoms with Crippen LogP contribution in [0.2, 0.25) is 0 Å².